The van der Waals surface area contributed by atoms with Gasteiger partial charge in [-0.15, -0.1) is 0 Å². The lowest BCUT2D eigenvalue weighted by atomic mass is 9.93. The highest BCUT2D eigenvalue weighted by atomic mass is 16.5. The number of nitrogens with zero attached hydrogens (tertiary/aromatic N) is 1. The van der Waals surface area contributed by atoms with Crippen LogP contribution in [0.3, 0.4) is 0 Å². The molecular formula is C27H34N8O3. The Morgan fingerprint density at radius 2 is 2.00 bits per heavy atom. The van der Waals surface area contributed by atoms with Crippen LogP contribution in [0, 0.1) is 13.8 Å². The summed E-state index contributed by atoms with van der Waals surface area (Å²) in [5.74, 6) is 0.797. The van der Waals surface area contributed by atoms with Crippen LogP contribution in [0.1, 0.15) is 61.9 Å². The molecule has 1 aromatic carbocycles. The molecule has 2 aliphatic heterocycles. The predicted molar refractivity (Wildman–Crippen MR) is 149 cm³/mol. The van der Waals surface area contributed by atoms with E-state index in [0.29, 0.717) is 28.5 Å². The molecule has 0 saturated carbocycles. The van der Waals surface area contributed by atoms with Crippen molar-refractivity contribution in [2.45, 2.75) is 59.0 Å². The van der Waals surface area contributed by atoms with E-state index >= 15 is 0 Å². The molecule has 0 bridgehead atoms. The van der Waals surface area contributed by atoms with Crippen LogP contribution in [0.4, 0.5) is 27.7 Å². The van der Waals surface area contributed by atoms with Crippen molar-refractivity contribution in [2.24, 2.45) is 0 Å². The van der Waals surface area contributed by atoms with Gasteiger partial charge in [0.25, 0.3) is 5.91 Å². The molecule has 5 rings (SSSR count). The second kappa shape index (κ2) is 9.99. The van der Waals surface area contributed by atoms with Crippen molar-refractivity contribution >= 4 is 46.5 Å². The number of urea groups is 1. The number of hydrogen-bond acceptors (Lipinski definition) is 7. The molecule has 11 nitrogen and oxygen atoms in total. The molecule has 11 heteroatoms. The van der Waals surface area contributed by atoms with Gasteiger partial charge >= 0.3 is 6.03 Å². The van der Waals surface area contributed by atoms with Crippen molar-refractivity contribution < 1.29 is 14.1 Å². The monoisotopic (exact) mass is 518 g/mol. The van der Waals surface area contributed by atoms with Crippen LogP contribution < -0.4 is 32.1 Å². The largest absolute Gasteiger partial charge is 0.359 e. The number of hydrazine groups is 1. The summed E-state index contributed by atoms with van der Waals surface area (Å²) >= 11 is 0. The molecule has 1 fully saturated rings. The highest BCUT2D eigenvalue weighted by Crippen LogP contribution is 2.36. The maximum atomic E-state index is 12.8. The van der Waals surface area contributed by atoms with Crippen LogP contribution in [0.15, 0.2) is 28.8 Å². The summed E-state index contributed by atoms with van der Waals surface area (Å²) in [6, 6.07) is 6.55. The standard InChI is InChI=1S/C27H34N8O3/c1-14-19(29-15(2)24(14)34-33-22-7-6-10-28-22)12-18-17-9-8-16(11-20(17)31-25(18)36)30-26(37)32-23-13-21(38-35-23)27(3,4)5/h8-9,11-13,22,28-29,33-34H,6-7,10H2,1-5H3,(H,31,36)(H2,30,32,35,37)/b18-12-/t22-/m1/s1. The van der Waals surface area contributed by atoms with Gasteiger partial charge in [-0.3, -0.25) is 10.1 Å². The van der Waals surface area contributed by atoms with E-state index in [-0.39, 0.29) is 17.5 Å². The number of H-pyrrole nitrogens is 1. The van der Waals surface area contributed by atoms with Crippen molar-refractivity contribution in [3.8, 4) is 0 Å². The third kappa shape index (κ3) is 5.29. The van der Waals surface area contributed by atoms with Gasteiger partial charge in [0.2, 0.25) is 0 Å². The first-order valence-electron chi connectivity index (χ1n) is 12.8. The Morgan fingerprint density at radius 3 is 2.71 bits per heavy atom. The summed E-state index contributed by atoms with van der Waals surface area (Å²) in [5, 5.41) is 15.6. The molecule has 200 valence electrons. The maximum absolute atomic E-state index is 12.8. The van der Waals surface area contributed by atoms with E-state index in [2.05, 4.69) is 42.3 Å². The molecule has 38 heavy (non-hydrogen) atoms. The number of aryl methyl sites for hydroxylation is 1. The van der Waals surface area contributed by atoms with E-state index in [0.717, 1.165) is 47.6 Å². The van der Waals surface area contributed by atoms with Crippen LogP contribution in [-0.2, 0) is 10.2 Å². The Labute approximate surface area is 221 Å². The fraction of sp³-hybridized carbons (Fsp3) is 0.370. The average molecular weight is 519 g/mol. The van der Waals surface area contributed by atoms with Gasteiger partial charge in [0.05, 0.1) is 23.1 Å². The smallest absolute Gasteiger partial charge is 0.324 e. The fourth-order valence-corrected chi connectivity index (χ4v) is 4.60. The lowest BCUT2D eigenvalue weighted by Crippen LogP contribution is -2.41. The normalized spacial score (nSPS) is 18.0. The molecule has 1 atom stereocenters. The lowest BCUT2D eigenvalue weighted by Gasteiger charge is -2.15. The van der Waals surface area contributed by atoms with E-state index < -0.39 is 6.03 Å². The van der Waals surface area contributed by atoms with Gasteiger partial charge in [-0.05, 0) is 57.0 Å². The summed E-state index contributed by atoms with van der Waals surface area (Å²) in [7, 11) is 0. The molecule has 0 aliphatic carbocycles. The van der Waals surface area contributed by atoms with E-state index in [1.54, 1.807) is 18.2 Å². The first-order chi connectivity index (χ1) is 18.1. The zero-order chi connectivity index (χ0) is 27.0. The zero-order valence-electron chi connectivity index (χ0n) is 22.3. The number of nitrogens with one attached hydrogen (secondary N) is 7. The van der Waals surface area contributed by atoms with Gasteiger partial charge in [0.1, 0.15) is 5.76 Å². The van der Waals surface area contributed by atoms with Crippen molar-refractivity contribution in [3.63, 3.8) is 0 Å². The second-order valence-electron chi connectivity index (χ2n) is 10.8. The minimum Gasteiger partial charge on any atom is -0.359 e. The minimum atomic E-state index is -0.460. The number of carbonyl (C=O) groups excluding carboxylic acids is 2. The quantitative estimate of drug-likeness (QED) is 0.185. The van der Waals surface area contributed by atoms with Crippen LogP contribution >= 0.6 is 0 Å². The molecule has 3 aromatic rings. The van der Waals surface area contributed by atoms with Crippen molar-refractivity contribution in [1.82, 2.24) is 20.9 Å². The van der Waals surface area contributed by atoms with Crippen LogP contribution in [0.5, 0.6) is 0 Å². The van der Waals surface area contributed by atoms with Gasteiger partial charge in [0, 0.05) is 34.1 Å². The minimum absolute atomic E-state index is 0.201. The molecule has 0 unspecified atom stereocenters. The molecule has 4 heterocycles. The number of hydrogen-bond donors (Lipinski definition) is 7. The van der Waals surface area contributed by atoms with Crippen LogP contribution in [0.25, 0.3) is 11.6 Å². The first kappa shape index (κ1) is 25.6. The number of anilines is 4. The Balaban J connectivity index is 1.28. The van der Waals surface area contributed by atoms with E-state index in [9.17, 15) is 9.59 Å². The summed E-state index contributed by atoms with van der Waals surface area (Å²) in [5.41, 5.74) is 12.7. The van der Waals surface area contributed by atoms with Crippen molar-refractivity contribution in [3.05, 3.63) is 52.5 Å². The van der Waals surface area contributed by atoms with E-state index in [1.165, 1.54) is 0 Å². The van der Waals surface area contributed by atoms with Crippen molar-refractivity contribution in [2.75, 3.05) is 27.9 Å². The number of aromatic amines is 1. The number of rotatable bonds is 6. The van der Waals surface area contributed by atoms with Crippen LogP contribution in [-0.4, -0.2) is 34.8 Å². The zero-order valence-corrected chi connectivity index (χ0v) is 22.3. The highest BCUT2D eigenvalue weighted by Gasteiger charge is 2.26. The molecule has 7 N–H and O–H groups in total. The van der Waals surface area contributed by atoms with Crippen LogP contribution in [0.2, 0.25) is 0 Å². The van der Waals surface area contributed by atoms with Gasteiger partial charge in [-0.1, -0.05) is 32.0 Å². The number of aromatic nitrogens is 2. The molecule has 0 radical (unpaired) electrons. The molecule has 0 spiro atoms. The lowest BCUT2D eigenvalue weighted by molar-refractivity contribution is -0.110. The van der Waals surface area contributed by atoms with Gasteiger partial charge in [0.15, 0.2) is 5.82 Å². The molecule has 1 saturated heterocycles. The van der Waals surface area contributed by atoms with E-state index in [1.807, 2.05) is 46.8 Å². The topological polar surface area (TPSA) is 148 Å². The third-order valence-corrected chi connectivity index (χ3v) is 6.75. The Hall–Kier alpha value is -4.09. The molecule has 2 aliphatic rings. The number of carbonyl (C=O) groups is 2. The summed E-state index contributed by atoms with van der Waals surface area (Å²) < 4.78 is 5.31. The number of benzene rings is 1. The number of amides is 3. The SMILES string of the molecule is Cc1[nH]c(/C=C2\C(=O)Nc3cc(NC(=O)Nc4cc(C(C)(C)C)on4)ccc32)c(C)c1NN[C@@H]1CCCN1. The Morgan fingerprint density at radius 1 is 1.18 bits per heavy atom. The Bertz CT molecular complexity index is 1410. The highest BCUT2D eigenvalue weighted by molar-refractivity contribution is 6.35. The third-order valence-electron chi connectivity index (χ3n) is 6.75. The molecule has 2 aromatic heterocycles. The Kier molecular flexibility index (Phi) is 6.72. The average Bonchev–Trinajstić information content (AvgIpc) is 3.62. The van der Waals surface area contributed by atoms with Gasteiger partial charge < -0.3 is 30.9 Å². The van der Waals surface area contributed by atoms with Gasteiger partial charge in [-0.2, -0.15) is 0 Å². The maximum Gasteiger partial charge on any atom is 0.324 e. The molecule has 3 amide bonds. The van der Waals surface area contributed by atoms with E-state index in [4.69, 9.17) is 4.52 Å². The summed E-state index contributed by atoms with van der Waals surface area (Å²) in [6.45, 7) is 11.0. The fourth-order valence-electron chi connectivity index (χ4n) is 4.60. The molecular weight excluding hydrogens is 484 g/mol. The summed E-state index contributed by atoms with van der Waals surface area (Å²) in [6.07, 6.45) is 4.32. The first-order valence-corrected chi connectivity index (χ1v) is 12.8. The van der Waals surface area contributed by atoms with Crippen molar-refractivity contribution in [1.29, 1.82) is 0 Å². The summed E-state index contributed by atoms with van der Waals surface area (Å²) in [4.78, 5) is 28.7. The second-order valence-corrected chi connectivity index (χ2v) is 10.8. The van der Waals surface area contributed by atoms with Gasteiger partial charge in [-0.25, -0.2) is 10.2 Å². The number of fused-ring (bicyclic) bond motifs is 1. The predicted octanol–water partition coefficient (Wildman–Crippen LogP) is 4.68.